The lowest BCUT2D eigenvalue weighted by molar-refractivity contribution is 0.403. The van der Waals surface area contributed by atoms with Crippen LogP contribution in [-0.4, -0.2) is 13.7 Å². The predicted molar refractivity (Wildman–Crippen MR) is 60.7 cm³/mol. The van der Waals surface area contributed by atoms with Crippen molar-refractivity contribution in [2.45, 2.75) is 18.9 Å². The predicted octanol–water partition coefficient (Wildman–Crippen LogP) is 2.88. The monoisotopic (exact) mass is 255 g/mol. The number of methoxy groups -OCH3 is 1. The fraction of sp³-hybridized carbons (Fsp3) is 0.455. The van der Waals surface area contributed by atoms with Crippen LogP contribution in [0.5, 0.6) is 5.75 Å². The molecule has 1 aromatic carbocycles. The number of hydrogen-bond donors (Lipinski definition) is 1. The molecule has 0 aromatic heterocycles. The first kappa shape index (κ1) is 9.99. The maximum absolute atomic E-state index is 5.35. The maximum atomic E-state index is 5.35. The Morgan fingerprint density at radius 3 is 3.00 bits per heavy atom. The summed E-state index contributed by atoms with van der Waals surface area (Å²) in [6.45, 7) is 1.11. The van der Waals surface area contributed by atoms with Crippen molar-refractivity contribution in [3.8, 4) is 5.75 Å². The van der Waals surface area contributed by atoms with Gasteiger partial charge in [0.05, 0.1) is 7.11 Å². The summed E-state index contributed by atoms with van der Waals surface area (Å²) < 4.78 is 6.46. The van der Waals surface area contributed by atoms with Gasteiger partial charge in [0.25, 0.3) is 0 Å². The van der Waals surface area contributed by atoms with Crippen LogP contribution < -0.4 is 10.1 Å². The lowest BCUT2D eigenvalue weighted by atomic mass is 10.0. The molecule has 14 heavy (non-hydrogen) atoms. The van der Waals surface area contributed by atoms with Gasteiger partial charge in [0.2, 0.25) is 0 Å². The van der Waals surface area contributed by atoms with Crippen LogP contribution >= 0.6 is 15.9 Å². The van der Waals surface area contributed by atoms with E-state index in [1.165, 1.54) is 18.4 Å². The SMILES string of the molecule is COc1ccc(Br)cc1C1CCCN1. The Kier molecular flexibility index (Phi) is 3.08. The molecule has 3 heteroatoms. The van der Waals surface area contributed by atoms with Crippen molar-refractivity contribution in [1.29, 1.82) is 0 Å². The number of rotatable bonds is 2. The van der Waals surface area contributed by atoms with Gasteiger partial charge in [0.1, 0.15) is 5.75 Å². The van der Waals surface area contributed by atoms with E-state index in [1.807, 2.05) is 12.1 Å². The smallest absolute Gasteiger partial charge is 0.123 e. The van der Waals surface area contributed by atoms with Gasteiger partial charge in [-0.2, -0.15) is 0 Å². The highest BCUT2D eigenvalue weighted by molar-refractivity contribution is 9.10. The second-order valence-corrected chi connectivity index (χ2v) is 4.45. The van der Waals surface area contributed by atoms with Crippen LogP contribution in [0.4, 0.5) is 0 Å². The molecule has 0 aliphatic carbocycles. The summed E-state index contributed by atoms with van der Waals surface area (Å²) in [5, 5.41) is 3.47. The zero-order chi connectivity index (χ0) is 9.97. The molecule has 0 bridgehead atoms. The summed E-state index contributed by atoms with van der Waals surface area (Å²) in [6.07, 6.45) is 2.45. The van der Waals surface area contributed by atoms with Gasteiger partial charge in [-0.1, -0.05) is 15.9 Å². The fourth-order valence-electron chi connectivity index (χ4n) is 1.93. The summed E-state index contributed by atoms with van der Waals surface area (Å²) in [4.78, 5) is 0. The highest BCUT2D eigenvalue weighted by atomic mass is 79.9. The molecule has 1 N–H and O–H groups in total. The first-order valence-corrected chi connectivity index (χ1v) is 5.67. The van der Waals surface area contributed by atoms with Gasteiger partial charge in [-0.25, -0.2) is 0 Å². The van der Waals surface area contributed by atoms with Crippen LogP contribution in [0.15, 0.2) is 22.7 Å². The molecule has 76 valence electrons. The van der Waals surface area contributed by atoms with Gasteiger partial charge in [0.15, 0.2) is 0 Å². The standard InChI is InChI=1S/C11H14BrNO/c1-14-11-5-4-8(12)7-9(11)10-3-2-6-13-10/h4-5,7,10,13H,2-3,6H2,1H3. The van der Waals surface area contributed by atoms with Crippen molar-refractivity contribution in [3.05, 3.63) is 28.2 Å². The van der Waals surface area contributed by atoms with Gasteiger partial charge < -0.3 is 10.1 Å². The van der Waals surface area contributed by atoms with E-state index in [1.54, 1.807) is 7.11 Å². The highest BCUT2D eigenvalue weighted by Crippen LogP contribution is 2.32. The quantitative estimate of drug-likeness (QED) is 0.878. The normalized spacial score (nSPS) is 21.1. The van der Waals surface area contributed by atoms with Crippen LogP contribution in [0.1, 0.15) is 24.4 Å². The van der Waals surface area contributed by atoms with Crippen molar-refractivity contribution in [1.82, 2.24) is 5.32 Å². The Bertz CT molecular complexity index is 321. The molecule has 1 fully saturated rings. The minimum absolute atomic E-state index is 0.461. The van der Waals surface area contributed by atoms with Crippen LogP contribution in [0.3, 0.4) is 0 Å². The fourth-order valence-corrected chi connectivity index (χ4v) is 2.31. The molecule has 0 spiro atoms. The Balaban J connectivity index is 2.33. The molecule has 1 unspecified atom stereocenters. The third-order valence-electron chi connectivity index (χ3n) is 2.63. The van der Waals surface area contributed by atoms with Crippen molar-refractivity contribution < 1.29 is 4.74 Å². The first-order valence-electron chi connectivity index (χ1n) is 4.88. The van der Waals surface area contributed by atoms with Gasteiger partial charge >= 0.3 is 0 Å². The van der Waals surface area contributed by atoms with Crippen molar-refractivity contribution in [3.63, 3.8) is 0 Å². The second kappa shape index (κ2) is 4.32. The molecule has 0 radical (unpaired) electrons. The summed E-state index contributed by atoms with van der Waals surface area (Å²) >= 11 is 3.49. The first-order chi connectivity index (χ1) is 6.81. The average molecular weight is 256 g/mol. The summed E-state index contributed by atoms with van der Waals surface area (Å²) in [6, 6.07) is 6.63. The van der Waals surface area contributed by atoms with Crippen molar-refractivity contribution in [2.24, 2.45) is 0 Å². The lowest BCUT2D eigenvalue weighted by Crippen LogP contribution is -2.13. The third-order valence-corrected chi connectivity index (χ3v) is 3.12. The van der Waals surface area contributed by atoms with Crippen molar-refractivity contribution in [2.75, 3.05) is 13.7 Å². The Morgan fingerprint density at radius 1 is 1.50 bits per heavy atom. The largest absolute Gasteiger partial charge is 0.496 e. The van der Waals surface area contributed by atoms with Crippen LogP contribution in [0.2, 0.25) is 0 Å². The van der Waals surface area contributed by atoms with Gasteiger partial charge in [-0.05, 0) is 37.6 Å². The van der Waals surface area contributed by atoms with E-state index in [0.717, 1.165) is 16.8 Å². The molecule has 1 aliphatic rings. The molecule has 0 saturated carbocycles. The molecule has 1 atom stereocenters. The number of hydrogen-bond acceptors (Lipinski definition) is 2. The van der Waals surface area contributed by atoms with Gasteiger partial charge in [-0.15, -0.1) is 0 Å². The second-order valence-electron chi connectivity index (χ2n) is 3.54. The molecular formula is C11H14BrNO. The molecule has 1 saturated heterocycles. The minimum Gasteiger partial charge on any atom is -0.496 e. The average Bonchev–Trinajstić information content (AvgIpc) is 2.70. The summed E-state index contributed by atoms with van der Waals surface area (Å²) in [7, 11) is 1.72. The van der Waals surface area contributed by atoms with E-state index in [4.69, 9.17) is 4.74 Å². The molecule has 1 aliphatic heterocycles. The number of ether oxygens (including phenoxy) is 1. The summed E-state index contributed by atoms with van der Waals surface area (Å²) in [5.74, 6) is 0.979. The van der Waals surface area contributed by atoms with Crippen LogP contribution in [0.25, 0.3) is 0 Å². The zero-order valence-electron chi connectivity index (χ0n) is 8.22. The number of nitrogens with one attached hydrogen (secondary N) is 1. The van der Waals surface area contributed by atoms with Crippen LogP contribution in [-0.2, 0) is 0 Å². The van der Waals surface area contributed by atoms with E-state index >= 15 is 0 Å². The maximum Gasteiger partial charge on any atom is 0.123 e. The molecule has 2 nitrogen and oxygen atoms in total. The van der Waals surface area contributed by atoms with E-state index in [9.17, 15) is 0 Å². The van der Waals surface area contributed by atoms with E-state index in [-0.39, 0.29) is 0 Å². The Labute approximate surface area is 92.8 Å². The summed E-state index contributed by atoms with van der Waals surface area (Å²) in [5.41, 5.74) is 1.26. The topological polar surface area (TPSA) is 21.3 Å². The number of halogens is 1. The molecule has 0 amide bonds. The zero-order valence-corrected chi connectivity index (χ0v) is 9.80. The third kappa shape index (κ3) is 1.93. The van der Waals surface area contributed by atoms with Gasteiger partial charge in [-0.3, -0.25) is 0 Å². The van der Waals surface area contributed by atoms with E-state index in [2.05, 4.69) is 27.3 Å². The molecule has 2 rings (SSSR count). The van der Waals surface area contributed by atoms with Gasteiger partial charge in [0, 0.05) is 16.1 Å². The highest BCUT2D eigenvalue weighted by Gasteiger charge is 2.19. The Morgan fingerprint density at radius 2 is 2.36 bits per heavy atom. The molecule has 1 aromatic rings. The number of benzene rings is 1. The Hall–Kier alpha value is -0.540. The molecular weight excluding hydrogens is 242 g/mol. The van der Waals surface area contributed by atoms with Crippen LogP contribution in [0, 0.1) is 0 Å². The molecule has 1 heterocycles. The minimum atomic E-state index is 0.461. The lowest BCUT2D eigenvalue weighted by Gasteiger charge is -2.15. The van der Waals surface area contributed by atoms with E-state index < -0.39 is 0 Å². The van der Waals surface area contributed by atoms with Crippen molar-refractivity contribution >= 4 is 15.9 Å². The van der Waals surface area contributed by atoms with E-state index in [0.29, 0.717) is 6.04 Å².